The summed E-state index contributed by atoms with van der Waals surface area (Å²) in [4.78, 5) is 24.7. The Morgan fingerprint density at radius 1 is 1.45 bits per heavy atom. The fraction of sp³-hybridized carbons (Fsp3) is 0.357. The summed E-state index contributed by atoms with van der Waals surface area (Å²) in [7, 11) is 1.54. The minimum absolute atomic E-state index is 0.0894. The van der Waals surface area contributed by atoms with Crippen LogP contribution in [0, 0.1) is 11.3 Å². The number of methoxy groups -OCH3 is 1. The zero-order valence-electron chi connectivity index (χ0n) is 11.5. The van der Waals surface area contributed by atoms with Gasteiger partial charge in [-0.1, -0.05) is 6.07 Å². The third-order valence-electron chi connectivity index (χ3n) is 2.60. The summed E-state index contributed by atoms with van der Waals surface area (Å²) in [6.07, 6.45) is 0. The van der Waals surface area contributed by atoms with Gasteiger partial charge in [0.1, 0.15) is 6.54 Å². The van der Waals surface area contributed by atoms with Gasteiger partial charge in [0.2, 0.25) is 11.8 Å². The Kier molecular flexibility index (Phi) is 6.20. The molecule has 1 aromatic rings. The molecule has 20 heavy (non-hydrogen) atoms. The van der Waals surface area contributed by atoms with Crippen LogP contribution in [0.1, 0.15) is 12.5 Å². The Hall–Kier alpha value is -2.39. The first-order valence-electron chi connectivity index (χ1n) is 6.12. The monoisotopic (exact) mass is 275 g/mol. The second kappa shape index (κ2) is 7.92. The molecular formula is C14H17N3O3. The quantitative estimate of drug-likeness (QED) is 0.774. The SMILES string of the molecule is COCCNC(=O)CN(C(C)=O)c1cccc(C#N)c1. The van der Waals surface area contributed by atoms with E-state index in [-0.39, 0.29) is 18.4 Å². The molecule has 0 heterocycles. The van der Waals surface area contributed by atoms with E-state index in [1.807, 2.05) is 6.07 Å². The molecule has 1 N–H and O–H groups in total. The van der Waals surface area contributed by atoms with E-state index in [1.165, 1.54) is 11.8 Å². The van der Waals surface area contributed by atoms with Gasteiger partial charge in [0.05, 0.1) is 18.2 Å². The molecule has 0 aliphatic rings. The number of ether oxygens (including phenoxy) is 1. The smallest absolute Gasteiger partial charge is 0.240 e. The number of carbonyl (C=O) groups is 2. The van der Waals surface area contributed by atoms with Crippen LogP contribution in [0.3, 0.4) is 0 Å². The van der Waals surface area contributed by atoms with Crippen LogP contribution in [0.25, 0.3) is 0 Å². The highest BCUT2D eigenvalue weighted by atomic mass is 16.5. The number of benzene rings is 1. The van der Waals surface area contributed by atoms with Crippen LogP contribution >= 0.6 is 0 Å². The largest absolute Gasteiger partial charge is 0.383 e. The van der Waals surface area contributed by atoms with Crippen LogP contribution in [-0.4, -0.2) is 38.6 Å². The first-order chi connectivity index (χ1) is 9.58. The predicted octanol–water partition coefficient (Wildman–Crippen LogP) is 0.674. The van der Waals surface area contributed by atoms with Crippen LogP contribution in [0.2, 0.25) is 0 Å². The number of anilines is 1. The van der Waals surface area contributed by atoms with Crippen molar-refractivity contribution in [2.24, 2.45) is 0 Å². The molecule has 0 bridgehead atoms. The summed E-state index contributed by atoms with van der Waals surface area (Å²) in [5, 5.41) is 11.5. The van der Waals surface area contributed by atoms with E-state index in [9.17, 15) is 9.59 Å². The molecule has 6 nitrogen and oxygen atoms in total. The summed E-state index contributed by atoms with van der Waals surface area (Å²) in [5.41, 5.74) is 0.965. The van der Waals surface area contributed by atoms with Crippen molar-refractivity contribution in [2.75, 3.05) is 31.7 Å². The van der Waals surface area contributed by atoms with Gasteiger partial charge in [-0.05, 0) is 18.2 Å². The van der Waals surface area contributed by atoms with Gasteiger partial charge in [-0.15, -0.1) is 0 Å². The summed E-state index contributed by atoms with van der Waals surface area (Å²) >= 11 is 0. The summed E-state index contributed by atoms with van der Waals surface area (Å²) in [6.45, 7) is 2.09. The molecule has 0 radical (unpaired) electrons. The van der Waals surface area contributed by atoms with Gasteiger partial charge < -0.3 is 15.0 Å². The lowest BCUT2D eigenvalue weighted by Crippen LogP contribution is -2.40. The summed E-state index contributed by atoms with van der Waals surface area (Å²) < 4.78 is 4.83. The molecule has 0 fully saturated rings. The van der Waals surface area contributed by atoms with Crippen molar-refractivity contribution < 1.29 is 14.3 Å². The summed E-state index contributed by atoms with van der Waals surface area (Å²) in [5.74, 6) is -0.540. The molecular weight excluding hydrogens is 258 g/mol. The first kappa shape index (κ1) is 15.7. The standard InChI is InChI=1S/C14H17N3O3/c1-11(18)17(10-14(19)16-6-7-20-2)13-5-3-4-12(8-13)9-15/h3-5,8H,6-7,10H2,1-2H3,(H,16,19). The minimum atomic E-state index is -0.278. The maximum atomic E-state index is 11.7. The van der Waals surface area contributed by atoms with Gasteiger partial charge >= 0.3 is 0 Å². The number of carbonyl (C=O) groups excluding carboxylic acids is 2. The van der Waals surface area contributed by atoms with Gasteiger partial charge in [-0.3, -0.25) is 9.59 Å². The lowest BCUT2D eigenvalue weighted by atomic mass is 10.2. The fourth-order valence-electron chi connectivity index (χ4n) is 1.62. The van der Waals surface area contributed by atoms with E-state index in [1.54, 1.807) is 31.4 Å². The summed E-state index contributed by atoms with van der Waals surface area (Å²) in [6, 6.07) is 8.57. The number of hydrogen-bond donors (Lipinski definition) is 1. The van der Waals surface area contributed by atoms with Crippen molar-refractivity contribution in [3.05, 3.63) is 29.8 Å². The molecule has 0 aromatic heterocycles. The zero-order valence-corrected chi connectivity index (χ0v) is 11.5. The number of amides is 2. The average molecular weight is 275 g/mol. The van der Waals surface area contributed by atoms with Crippen LogP contribution in [0.4, 0.5) is 5.69 Å². The molecule has 0 aliphatic heterocycles. The maximum Gasteiger partial charge on any atom is 0.240 e. The van der Waals surface area contributed by atoms with Gasteiger partial charge in [0.15, 0.2) is 0 Å². The lowest BCUT2D eigenvalue weighted by Gasteiger charge is -2.20. The molecule has 6 heteroatoms. The van der Waals surface area contributed by atoms with E-state index in [0.29, 0.717) is 24.4 Å². The normalized spacial score (nSPS) is 9.65. The highest BCUT2D eigenvalue weighted by Crippen LogP contribution is 2.15. The van der Waals surface area contributed by atoms with Gasteiger partial charge in [0.25, 0.3) is 0 Å². The number of hydrogen-bond acceptors (Lipinski definition) is 4. The first-order valence-corrected chi connectivity index (χ1v) is 6.12. The van der Waals surface area contributed by atoms with Gasteiger partial charge in [-0.2, -0.15) is 5.26 Å². The van der Waals surface area contributed by atoms with Crippen molar-refractivity contribution in [3.8, 4) is 6.07 Å². The van der Waals surface area contributed by atoms with E-state index in [2.05, 4.69) is 5.32 Å². The maximum absolute atomic E-state index is 11.7. The Bertz CT molecular complexity index is 523. The van der Waals surface area contributed by atoms with Crippen molar-refractivity contribution in [1.29, 1.82) is 5.26 Å². The zero-order chi connectivity index (χ0) is 15.0. The molecule has 2 amide bonds. The van der Waals surface area contributed by atoms with Gasteiger partial charge in [0, 0.05) is 26.3 Å². The van der Waals surface area contributed by atoms with E-state index in [0.717, 1.165) is 0 Å². The second-order valence-corrected chi connectivity index (χ2v) is 4.11. The van der Waals surface area contributed by atoms with Crippen molar-refractivity contribution in [1.82, 2.24) is 5.32 Å². The van der Waals surface area contributed by atoms with E-state index >= 15 is 0 Å². The number of rotatable bonds is 6. The molecule has 0 atom stereocenters. The molecule has 0 unspecified atom stereocenters. The van der Waals surface area contributed by atoms with Crippen LogP contribution in [0.15, 0.2) is 24.3 Å². The highest BCUT2D eigenvalue weighted by molar-refractivity contribution is 5.97. The van der Waals surface area contributed by atoms with Crippen molar-refractivity contribution >= 4 is 17.5 Å². The van der Waals surface area contributed by atoms with Crippen molar-refractivity contribution in [3.63, 3.8) is 0 Å². The van der Waals surface area contributed by atoms with E-state index < -0.39 is 0 Å². The molecule has 0 saturated carbocycles. The molecule has 1 aromatic carbocycles. The van der Waals surface area contributed by atoms with Crippen LogP contribution < -0.4 is 10.2 Å². The van der Waals surface area contributed by atoms with Gasteiger partial charge in [-0.25, -0.2) is 0 Å². The Morgan fingerprint density at radius 3 is 2.80 bits per heavy atom. The number of nitrogens with zero attached hydrogens (tertiary/aromatic N) is 2. The molecule has 106 valence electrons. The predicted molar refractivity (Wildman–Crippen MR) is 74.1 cm³/mol. The molecule has 0 spiro atoms. The number of nitriles is 1. The third-order valence-corrected chi connectivity index (χ3v) is 2.60. The van der Waals surface area contributed by atoms with Crippen molar-refractivity contribution in [2.45, 2.75) is 6.92 Å². The molecule has 0 saturated heterocycles. The molecule has 1 rings (SSSR count). The minimum Gasteiger partial charge on any atom is -0.383 e. The van der Waals surface area contributed by atoms with Crippen LogP contribution in [0.5, 0.6) is 0 Å². The third kappa shape index (κ3) is 4.71. The Balaban J connectivity index is 2.76. The lowest BCUT2D eigenvalue weighted by molar-refractivity contribution is -0.123. The molecule has 0 aliphatic carbocycles. The second-order valence-electron chi connectivity index (χ2n) is 4.11. The van der Waals surface area contributed by atoms with Crippen LogP contribution in [-0.2, 0) is 14.3 Å². The number of nitrogens with one attached hydrogen (secondary N) is 1. The average Bonchev–Trinajstić information content (AvgIpc) is 2.44. The topological polar surface area (TPSA) is 82.4 Å². The highest BCUT2D eigenvalue weighted by Gasteiger charge is 2.15. The fourth-order valence-corrected chi connectivity index (χ4v) is 1.62. The van der Waals surface area contributed by atoms with E-state index in [4.69, 9.17) is 10.00 Å². The Morgan fingerprint density at radius 2 is 2.20 bits per heavy atom. The Labute approximate surface area is 117 Å².